The minimum atomic E-state index is -1.02. The summed E-state index contributed by atoms with van der Waals surface area (Å²) in [7, 11) is 0. The second-order valence-corrected chi connectivity index (χ2v) is 4.86. The summed E-state index contributed by atoms with van der Waals surface area (Å²) in [5, 5.41) is 12.0. The lowest BCUT2D eigenvalue weighted by molar-refractivity contribution is 0.0696. The maximum absolute atomic E-state index is 10.7. The molecule has 2 aromatic rings. The average Bonchev–Trinajstić information content (AvgIpc) is 2.97. The summed E-state index contributed by atoms with van der Waals surface area (Å²) in [4.78, 5) is 25.3. The van der Waals surface area contributed by atoms with Crippen LogP contribution in [0.1, 0.15) is 16.8 Å². The monoisotopic (exact) mass is 285 g/mol. The van der Waals surface area contributed by atoms with Crippen molar-refractivity contribution in [3.8, 4) is 0 Å². The van der Waals surface area contributed by atoms with Gasteiger partial charge in [-0.3, -0.25) is 0 Å². The molecule has 7 nitrogen and oxygen atoms in total. The first kappa shape index (κ1) is 13.3. The molecule has 1 fully saturated rings. The van der Waals surface area contributed by atoms with Crippen molar-refractivity contribution in [3.05, 3.63) is 42.4 Å². The quantitative estimate of drug-likeness (QED) is 0.873. The smallest absolute Gasteiger partial charge is 0.338 e. The number of carbonyl (C=O) groups is 1. The van der Waals surface area contributed by atoms with Crippen LogP contribution < -0.4 is 10.2 Å². The Bertz CT molecular complexity index is 617. The lowest BCUT2D eigenvalue weighted by Gasteiger charge is -2.17. The van der Waals surface area contributed by atoms with Gasteiger partial charge in [-0.15, -0.1) is 0 Å². The molecule has 1 aliphatic rings. The lowest BCUT2D eigenvalue weighted by Crippen LogP contribution is -2.27. The van der Waals surface area contributed by atoms with Gasteiger partial charge in [0.1, 0.15) is 5.82 Å². The lowest BCUT2D eigenvalue weighted by atomic mass is 10.3. The second-order valence-electron chi connectivity index (χ2n) is 4.86. The van der Waals surface area contributed by atoms with E-state index in [1.807, 2.05) is 18.2 Å². The standard InChI is InChI=1S/C14H15N5O2/c20-13(21)10-7-16-14(17-8-10)18-11-4-6-19(9-11)12-3-1-2-5-15-12/h1-3,5,7-8,11H,4,6,9H2,(H,20,21)(H,16,17,18)/t11-/m0/s1. The van der Waals surface area contributed by atoms with E-state index in [9.17, 15) is 4.79 Å². The van der Waals surface area contributed by atoms with Gasteiger partial charge in [0.05, 0.1) is 5.56 Å². The largest absolute Gasteiger partial charge is 0.478 e. The van der Waals surface area contributed by atoms with Crippen molar-refractivity contribution in [3.63, 3.8) is 0 Å². The zero-order chi connectivity index (χ0) is 14.7. The van der Waals surface area contributed by atoms with Gasteiger partial charge in [0.15, 0.2) is 0 Å². The van der Waals surface area contributed by atoms with Crippen molar-refractivity contribution in [1.29, 1.82) is 0 Å². The molecule has 0 aliphatic carbocycles. The van der Waals surface area contributed by atoms with Gasteiger partial charge < -0.3 is 15.3 Å². The summed E-state index contributed by atoms with van der Waals surface area (Å²) in [6.45, 7) is 1.74. The third-order valence-corrected chi connectivity index (χ3v) is 3.39. The van der Waals surface area contributed by atoms with E-state index in [0.717, 1.165) is 25.3 Å². The summed E-state index contributed by atoms with van der Waals surface area (Å²) < 4.78 is 0. The summed E-state index contributed by atoms with van der Waals surface area (Å²) in [5.74, 6) is 0.389. The van der Waals surface area contributed by atoms with E-state index >= 15 is 0 Å². The van der Waals surface area contributed by atoms with Gasteiger partial charge in [-0.1, -0.05) is 6.07 Å². The molecule has 0 amide bonds. The minimum Gasteiger partial charge on any atom is -0.478 e. The molecule has 0 radical (unpaired) electrons. The normalized spacial score (nSPS) is 17.7. The molecule has 3 heterocycles. The van der Waals surface area contributed by atoms with Gasteiger partial charge in [0, 0.05) is 37.7 Å². The molecule has 1 aliphatic heterocycles. The molecule has 0 spiro atoms. The second kappa shape index (κ2) is 5.74. The van der Waals surface area contributed by atoms with E-state index in [0.29, 0.717) is 5.95 Å². The highest BCUT2D eigenvalue weighted by molar-refractivity contribution is 5.86. The molecule has 108 valence electrons. The number of pyridine rings is 1. The molecule has 3 rings (SSSR count). The van der Waals surface area contributed by atoms with Crippen molar-refractivity contribution in [2.75, 3.05) is 23.3 Å². The topological polar surface area (TPSA) is 91.2 Å². The van der Waals surface area contributed by atoms with E-state index in [4.69, 9.17) is 5.11 Å². The van der Waals surface area contributed by atoms with Crippen LogP contribution in [0.25, 0.3) is 0 Å². The molecule has 21 heavy (non-hydrogen) atoms. The third kappa shape index (κ3) is 3.07. The number of nitrogens with one attached hydrogen (secondary N) is 1. The number of aromatic carboxylic acids is 1. The van der Waals surface area contributed by atoms with E-state index in [1.165, 1.54) is 12.4 Å². The summed E-state index contributed by atoms with van der Waals surface area (Å²) >= 11 is 0. The van der Waals surface area contributed by atoms with Crippen LogP contribution in [0.5, 0.6) is 0 Å². The number of anilines is 2. The summed E-state index contributed by atoms with van der Waals surface area (Å²) in [6, 6.07) is 6.08. The Morgan fingerprint density at radius 1 is 1.29 bits per heavy atom. The van der Waals surface area contributed by atoms with Gasteiger partial charge in [-0.25, -0.2) is 19.7 Å². The van der Waals surface area contributed by atoms with Crippen LogP contribution in [0.15, 0.2) is 36.8 Å². The van der Waals surface area contributed by atoms with Crippen LogP contribution >= 0.6 is 0 Å². The molecule has 2 aromatic heterocycles. The molecular weight excluding hydrogens is 270 g/mol. The molecular formula is C14H15N5O2. The first-order valence-corrected chi connectivity index (χ1v) is 6.70. The van der Waals surface area contributed by atoms with Gasteiger partial charge in [-0.2, -0.15) is 0 Å². The van der Waals surface area contributed by atoms with Crippen LogP contribution in [0, 0.1) is 0 Å². The number of hydrogen-bond donors (Lipinski definition) is 2. The Hall–Kier alpha value is -2.70. The first-order chi connectivity index (χ1) is 10.2. The van der Waals surface area contributed by atoms with Crippen molar-refractivity contribution >= 4 is 17.7 Å². The number of carboxylic acid groups (broad SMARTS) is 1. The highest BCUT2D eigenvalue weighted by atomic mass is 16.4. The number of rotatable bonds is 4. The third-order valence-electron chi connectivity index (χ3n) is 3.39. The molecule has 7 heteroatoms. The van der Waals surface area contributed by atoms with Crippen molar-refractivity contribution in [2.45, 2.75) is 12.5 Å². The average molecular weight is 285 g/mol. The number of aromatic nitrogens is 3. The minimum absolute atomic E-state index is 0.0853. The van der Waals surface area contributed by atoms with Gasteiger partial charge >= 0.3 is 5.97 Å². The highest BCUT2D eigenvalue weighted by Crippen LogP contribution is 2.19. The number of carboxylic acids is 1. The SMILES string of the molecule is O=C(O)c1cnc(N[C@H]2CCN(c3ccccn3)C2)nc1. The van der Waals surface area contributed by atoms with Crippen LogP contribution in [-0.4, -0.2) is 45.2 Å². The fourth-order valence-corrected chi connectivity index (χ4v) is 2.32. The summed E-state index contributed by atoms with van der Waals surface area (Å²) in [6.07, 6.45) is 5.36. The molecule has 0 saturated carbocycles. The van der Waals surface area contributed by atoms with Crippen LogP contribution in [0.4, 0.5) is 11.8 Å². The van der Waals surface area contributed by atoms with Crippen molar-refractivity contribution in [1.82, 2.24) is 15.0 Å². The Morgan fingerprint density at radius 3 is 2.76 bits per heavy atom. The number of hydrogen-bond acceptors (Lipinski definition) is 6. The first-order valence-electron chi connectivity index (χ1n) is 6.70. The fraction of sp³-hybridized carbons (Fsp3) is 0.286. The van der Waals surface area contributed by atoms with Crippen LogP contribution in [-0.2, 0) is 0 Å². The molecule has 0 bridgehead atoms. The Morgan fingerprint density at radius 2 is 2.10 bits per heavy atom. The van der Waals surface area contributed by atoms with Crippen LogP contribution in [0.2, 0.25) is 0 Å². The Kier molecular flexibility index (Phi) is 3.63. The van der Waals surface area contributed by atoms with E-state index in [2.05, 4.69) is 25.2 Å². The van der Waals surface area contributed by atoms with Gasteiger partial charge in [0.2, 0.25) is 5.95 Å². The molecule has 0 unspecified atom stereocenters. The fourth-order valence-electron chi connectivity index (χ4n) is 2.32. The predicted octanol–water partition coefficient (Wildman–Crippen LogP) is 1.26. The Balaban J connectivity index is 1.61. The van der Waals surface area contributed by atoms with E-state index < -0.39 is 5.97 Å². The molecule has 2 N–H and O–H groups in total. The van der Waals surface area contributed by atoms with Crippen molar-refractivity contribution < 1.29 is 9.90 Å². The van der Waals surface area contributed by atoms with Gasteiger partial charge in [-0.05, 0) is 18.6 Å². The highest BCUT2D eigenvalue weighted by Gasteiger charge is 2.23. The zero-order valence-electron chi connectivity index (χ0n) is 11.3. The number of nitrogens with zero attached hydrogens (tertiary/aromatic N) is 4. The summed E-state index contributed by atoms with van der Waals surface area (Å²) in [5.41, 5.74) is 0.0853. The predicted molar refractivity (Wildman–Crippen MR) is 77.5 cm³/mol. The zero-order valence-corrected chi connectivity index (χ0v) is 11.3. The maximum atomic E-state index is 10.7. The molecule has 0 aromatic carbocycles. The van der Waals surface area contributed by atoms with Crippen molar-refractivity contribution in [2.24, 2.45) is 0 Å². The molecule has 1 atom stereocenters. The Labute approximate surface area is 121 Å². The van der Waals surface area contributed by atoms with Crippen LogP contribution in [0.3, 0.4) is 0 Å². The maximum Gasteiger partial charge on any atom is 0.338 e. The van der Waals surface area contributed by atoms with E-state index in [1.54, 1.807) is 6.20 Å². The molecule has 1 saturated heterocycles. The van der Waals surface area contributed by atoms with Gasteiger partial charge in [0.25, 0.3) is 0 Å². The van der Waals surface area contributed by atoms with E-state index in [-0.39, 0.29) is 11.6 Å².